The first-order valence-electron chi connectivity index (χ1n) is 9.23. The van der Waals surface area contributed by atoms with E-state index in [4.69, 9.17) is 10.2 Å². The Labute approximate surface area is 165 Å². The first kappa shape index (κ1) is 18.2. The van der Waals surface area contributed by atoms with Gasteiger partial charge in [-0.3, -0.25) is 0 Å². The van der Waals surface area contributed by atoms with E-state index in [0.29, 0.717) is 18.7 Å². The van der Waals surface area contributed by atoms with E-state index in [9.17, 15) is 9.90 Å². The maximum Gasteiger partial charge on any atom is 0.281 e. The summed E-state index contributed by atoms with van der Waals surface area (Å²) in [6, 6.07) is 4.07. The second-order valence-electron chi connectivity index (χ2n) is 7.37. The molecule has 0 aliphatic carbocycles. The lowest BCUT2D eigenvalue weighted by Crippen LogP contribution is -2.37. The summed E-state index contributed by atoms with van der Waals surface area (Å²) in [5.74, 6) is 0.375. The topological polar surface area (TPSA) is 97.8 Å². The third-order valence-electron chi connectivity index (χ3n) is 5.51. The fourth-order valence-electron chi connectivity index (χ4n) is 4.09. The molecule has 0 bridgehead atoms. The van der Waals surface area contributed by atoms with Gasteiger partial charge in [-0.05, 0) is 26.2 Å². The number of nitriles is 1. The van der Waals surface area contributed by atoms with Crippen molar-refractivity contribution in [1.29, 1.82) is 5.26 Å². The number of piperidine rings is 1. The summed E-state index contributed by atoms with van der Waals surface area (Å²) >= 11 is 2.26. The molecule has 27 heavy (non-hydrogen) atoms. The second-order valence-corrected chi connectivity index (χ2v) is 7.86. The van der Waals surface area contributed by atoms with Crippen molar-refractivity contribution in [2.45, 2.75) is 38.3 Å². The average Bonchev–Trinajstić information content (AvgIpc) is 3.23. The van der Waals surface area contributed by atoms with Gasteiger partial charge in [-0.2, -0.15) is 10.4 Å². The summed E-state index contributed by atoms with van der Waals surface area (Å²) in [5.41, 5.74) is 2.50. The van der Waals surface area contributed by atoms with Crippen molar-refractivity contribution in [2.75, 3.05) is 24.5 Å². The molecular weight excluding hydrogens is 359 g/mol. The van der Waals surface area contributed by atoms with E-state index in [1.807, 2.05) is 29.0 Å². The van der Waals surface area contributed by atoms with Gasteiger partial charge < -0.3 is 19.7 Å². The van der Waals surface area contributed by atoms with Gasteiger partial charge in [-0.25, -0.2) is 9.50 Å². The van der Waals surface area contributed by atoms with Crippen LogP contribution in [0.5, 0.6) is 0 Å². The minimum absolute atomic E-state index is 0.00446. The molecule has 0 saturated carbocycles. The monoisotopic (exact) mass is 380 g/mol. The normalized spacial score (nSPS) is 25.7. The van der Waals surface area contributed by atoms with E-state index in [1.165, 1.54) is 0 Å². The van der Waals surface area contributed by atoms with Crippen LogP contribution in [0, 0.1) is 24.2 Å². The number of aliphatic hydroxyl groups excluding tert-OH is 1. The van der Waals surface area contributed by atoms with Crippen LogP contribution in [0.15, 0.2) is 12.3 Å². The smallest absolute Gasteiger partial charge is 0.281 e. The highest BCUT2D eigenvalue weighted by atomic mass is 27.0. The Morgan fingerprint density at radius 3 is 2.93 bits per heavy atom. The van der Waals surface area contributed by atoms with Crippen LogP contribution in [0.25, 0.3) is 5.65 Å². The Morgan fingerprint density at radius 1 is 1.41 bits per heavy atom. The molecule has 2 aromatic heterocycles. The molecule has 4 heterocycles. The first-order valence-corrected chi connectivity index (χ1v) is 9.81. The van der Waals surface area contributed by atoms with Crippen molar-refractivity contribution in [2.24, 2.45) is 5.92 Å². The summed E-state index contributed by atoms with van der Waals surface area (Å²) in [4.78, 5) is 20.5. The van der Waals surface area contributed by atoms with Gasteiger partial charge in [0.05, 0.1) is 34.6 Å². The lowest BCUT2D eigenvalue weighted by atomic mass is 10.0. The summed E-state index contributed by atoms with van der Waals surface area (Å²) < 4.78 is 1.75. The number of anilines is 1. The molecule has 2 fully saturated rings. The van der Waals surface area contributed by atoms with Crippen molar-refractivity contribution >= 4 is 32.5 Å². The van der Waals surface area contributed by atoms with Crippen LogP contribution in [0.4, 0.5) is 10.6 Å². The average molecular weight is 380 g/mol. The number of hydrogen-bond acceptors (Lipinski definition) is 6. The van der Waals surface area contributed by atoms with Gasteiger partial charge in [0.25, 0.3) is 16.3 Å². The van der Waals surface area contributed by atoms with Crippen LogP contribution in [0.2, 0.25) is 0 Å². The fourth-order valence-corrected chi connectivity index (χ4v) is 4.40. The number of hydrogen-bond donors (Lipinski definition) is 1. The number of aromatic nitrogens is 3. The predicted molar refractivity (Wildman–Crippen MR) is 99.5 cm³/mol. The molecule has 138 valence electrons. The molecule has 9 heteroatoms. The highest BCUT2D eigenvalue weighted by molar-refractivity contribution is 6.56. The number of aryl methyl sites for hydroxylation is 1. The standard InChI is InChI=1S/C18H21N6O2.Al/c1-12-8-24-17(20-18(12)23-9-13(7-19)16(26)10-23)6-14(21-24)15-4-2-3-5-22(15)11-25;/h6,8,13,15-16,26H,2-5,9-10H2,1H3;/t13-,15+,16+;/m1./s1. The molecule has 1 amide bonds. The maximum absolute atomic E-state index is 12.0. The third kappa shape index (κ3) is 3.30. The van der Waals surface area contributed by atoms with Crippen molar-refractivity contribution in [3.8, 4) is 6.07 Å². The van der Waals surface area contributed by atoms with Crippen molar-refractivity contribution in [1.82, 2.24) is 19.5 Å². The van der Waals surface area contributed by atoms with Crippen LogP contribution < -0.4 is 4.90 Å². The van der Waals surface area contributed by atoms with E-state index in [2.05, 4.69) is 27.5 Å². The number of rotatable bonds is 2. The molecule has 8 nitrogen and oxygen atoms in total. The Balaban J connectivity index is 1.67. The number of β-amino-alcohol motifs (C(OH)–C–C–N with tert-alkyl or cyclic N) is 1. The molecule has 3 atom stereocenters. The lowest BCUT2D eigenvalue weighted by Gasteiger charge is -2.35. The summed E-state index contributed by atoms with van der Waals surface area (Å²) in [6.45, 7) is 3.58. The van der Waals surface area contributed by atoms with Gasteiger partial charge in [0.15, 0.2) is 5.65 Å². The Morgan fingerprint density at radius 2 is 2.22 bits per heavy atom. The number of aliphatic hydroxyl groups is 1. The molecule has 4 rings (SSSR count). The Hall–Kier alpha value is -2.13. The zero-order chi connectivity index (χ0) is 19.1. The van der Waals surface area contributed by atoms with Crippen molar-refractivity contribution < 1.29 is 9.90 Å². The maximum atomic E-state index is 12.0. The summed E-state index contributed by atoms with van der Waals surface area (Å²) in [6.07, 6.45) is 4.26. The molecule has 1 N–H and O–H groups in total. The summed E-state index contributed by atoms with van der Waals surface area (Å²) in [7, 11) is 0. The number of carbonyl (C=O) groups is 1. The van der Waals surface area contributed by atoms with Crippen LogP contribution in [-0.2, 0) is 0 Å². The Kier molecular flexibility index (Phi) is 4.81. The van der Waals surface area contributed by atoms with E-state index in [0.717, 1.165) is 42.9 Å². The SMILES string of the molecule is Cc1cn2nc([C@@H]3CCCCN3[C](=O)[Al])cc2nc1N1C[C@@H](C#N)[C@@H](O)C1. The van der Waals surface area contributed by atoms with E-state index < -0.39 is 12.0 Å². The number of likely N-dealkylation sites (tertiary alicyclic amines) is 1. The number of amides is 1. The first-order chi connectivity index (χ1) is 13.0. The van der Waals surface area contributed by atoms with E-state index in [-0.39, 0.29) is 10.8 Å². The summed E-state index contributed by atoms with van der Waals surface area (Å²) in [5, 5.41) is 23.9. The Bertz CT molecular complexity index is 922. The lowest BCUT2D eigenvalue weighted by molar-refractivity contribution is 0.170. The number of carbonyl (C=O) groups excluding carboxylic acids is 1. The minimum Gasteiger partial charge on any atom is -0.390 e. The van der Waals surface area contributed by atoms with Gasteiger partial charge >= 0.3 is 0 Å². The highest BCUT2D eigenvalue weighted by Crippen LogP contribution is 2.31. The largest absolute Gasteiger partial charge is 0.390 e. The molecule has 2 aliphatic heterocycles. The van der Waals surface area contributed by atoms with Crippen LogP contribution in [0.1, 0.15) is 36.6 Å². The molecule has 2 saturated heterocycles. The predicted octanol–water partition coefficient (Wildman–Crippen LogP) is 1.17. The van der Waals surface area contributed by atoms with Crippen molar-refractivity contribution in [3.63, 3.8) is 0 Å². The van der Waals surface area contributed by atoms with Gasteiger partial charge in [-0.15, -0.1) is 0 Å². The highest BCUT2D eigenvalue weighted by Gasteiger charge is 2.33. The van der Waals surface area contributed by atoms with Crippen LogP contribution >= 0.6 is 0 Å². The molecule has 2 aliphatic rings. The molecule has 0 spiro atoms. The van der Waals surface area contributed by atoms with Gasteiger partial charge in [0.1, 0.15) is 5.82 Å². The van der Waals surface area contributed by atoms with Gasteiger partial charge in [0.2, 0.25) is 0 Å². The quantitative estimate of drug-likeness (QED) is 0.786. The number of nitrogens with zero attached hydrogens (tertiary/aromatic N) is 6. The third-order valence-corrected chi connectivity index (χ3v) is 5.84. The van der Waals surface area contributed by atoms with E-state index in [1.54, 1.807) is 4.52 Å². The van der Waals surface area contributed by atoms with Gasteiger partial charge in [0, 0.05) is 37.5 Å². The van der Waals surface area contributed by atoms with Crippen LogP contribution in [-0.4, -0.2) is 71.4 Å². The zero-order valence-corrected chi connectivity index (χ0v) is 16.4. The minimum atomic E-state index is -0.656. The second kappa shape index (κ2) is 7.12. The molecular formula is C18H21AlN6O2. The molecule has 0 unspecified atom stereocenters. The fraction of sp³-hybridized carbons (Fsp3) is 0.556. The zero-order valence-electron chi connectivity index (χ0n) is 15.2. The molecule has 2 aromatic rings. The molecule has 0 aromatic carbocycles. The van der Waals surface area contributed by atoms with Gasteiger partial charge in [-0.1, -0.05) is 0 Å². The molecule has 2 radical (unpaired) electrons. The van der Waals surface area contributed by atoms with Crippen molar-refractivity contribution in [3.05, 3.63) is 23.5 Å². The number of fused-ring (bicyclic) bond motifs is 1. The van der Waals surface area contributed by atoms with E-state index >= 15 is 0 Å². The van der Waals surface area contributed by atoms with Crippen LogP contribution in [0.3, 0.4) is 0 Å².